The number of thiophene rings is 1. The van der Waals surface area contributed by atoms with Crippen LogP contribution in [0.2, 0.25) is 0 Å². The number of hydrogen-bond acceptors (Lipinski definition) is 3. The minimum atomic E-state index is -0.913. The standard InChI is InChI=1S/C17H19NO2S/c1-2-18(12-14-6-4-3-5-7-14)13-16-9-8-15(21-16)10-11-17(19)20/h3-11H,2,12-13H2,1H3,(H,19,20). The van der Waals surface area contributed by atoms with E-state index in [-0.39, 0.29) is 0 Å². The van der Waals surface area contributed by atoms with Crippen LogP contribution in [0.1, 0.15) is 22.2 Å². The Hall–Kier alpha value is -1.91. The molecule has 0 bridgehead atoms. The fraction of sp³-hybridized carbons (Fsp3) is 0.235. The summed E-state index contributed by atoms with van der Waals surface area (Å²) in [6.45, 7) is 4.95. The molecular weight excluding hydrogens is 282 g/mol. The second kappa shape index (κ2) is 7.76. The molecule has 0 amide bonds. The van der Waals surface area contributed by atoms with Gasteiger partial charge in [0, 0.05) is 28.9 Å². The summed E-state index contributed by atoms with van der Waals surface area (Å²) in [4.78, 5) is 15.1. The fourth-order valence-electron chi connectivity index (χ4n) is 2.06. The summed E-state index contributed by atoms with van der Waals surface area (Å²) in [5.41, 5.74) is 1.31. The first-order valence-electron chi connectivity index (χ1n) is 6.93. The molecule has 1 heterocycles. The maximum absolute atomic E-state index is 10.5. The van der Waals surface area contributed by atoms with Crippen molar-refractivity contribution in [3.8, 4) is 0 Å². The van der Waals surface area contributed by atoms with Crippen molar-refractivity contribution >= 4 is 23.4 Å². The van der Waals surface area contributed by atoms with Gasteiger partial charge in [-0.3, -0.25) is 4.90 Å². The van der Waals surface area contributed by atoms with Gasteiger partial charge in [0.25, 0.3) is 0 Å². The maximum Gasteiger partial charge on any atom is 0.328 e. The molecule has 0 radical (unpaired) electrons. The topological polar surface area (TPSA) is 40.5 Å². The molecule has 110 valence electrons. The number of carbonyl (C=O) groups is 1. The highest BCUT2D eigenvalue weighted by atomic mass is 32.1. The van der Waals surface area contributed by atoms with Crippen molar-refractivity contribution in [1.82, 2.24) is 4.90 Å². The summed E-state index contributed by atoms with van der Waals surface area (Å²) in [7, 11) is 0. The highest BCUT2D eigenvalue weighted by molar-refractivity contribution is 7.12. The van der Waals surface area contributed by atoms with Gasteiger partial charge in [-0.2, -0.15) is 0 Å². The Bertz CT molecular complexity index is 604. The monoisotopic (exact) mass is 301 g/mol. The molecule has 0 fully saturated rings. The quantitative estimate of drug-likeness (QED) is 0.789. The summed E-state index contributed by atoms with van der Waals surface area (Å²) < 4.78 is 0. The molecule has 2 rings (SSSR count). The number of nitrogens with zero attached hydrogens (tertiary/aromatic N) is 1. The molecule has 0 aliphatic heterocycles. The lowest BCUT2D eigenvalue weighted by atomic mass is 10.2. The third-order valence-corrected chi connectivity index (χ3v) is 4.18. The Morgan fingerprint density at radius 1 is 1.19 bits per heavy atom. The van der Waals surface area contributed by atoms with E-state index in [9.17, 15) is 4.79 Å². The number of carboxylic acid groups (broad SMARTS) is 1. The SMILES string of the molecule is CCN(Cc1ccccc1)Cc1ccc(C=CC(=O)O)s1. The van der Waals surface area contributed by atoms with Gasteiger partial charge in [0.05, 0.1) is 0 Å². The van der Waals surface area contributed by atoms with Gasteiger partial charge in [-0.15, -0.1) is 11.3 Å². The summed E-state index contributed by atoms with van der Waals surface area (Å²) in [6, 6.07) is 14.5. The molecule has 0 aliphatic rings. The lowest BCUT2D eigenvalue weighted by molar-refractivity contribution is -0.131. The third kappa shape index (κ3) is 5.17. The van der Waals surface area contributed by atoms with Crippen molar-refractivity contribution < 1.29 is 9.90 Å². The van der Waals surface area contributed by atoms with Crippen LogP contribution in [0.5, 0.6) is 0 Å². The van der Waals surface area contributed by atoms with Crippen LogP contribution >= 0.6 is 11.3 Å². The summed E-state index contributed by atoms with van der Waals surface area (Å²) in [5.74, 6) is -0.913. The first-order chi connectivity index (χ1) is 10.2. The Kier molecular flexibility index (Phi) is 5.72. The molecule has 1 aromatic carbocycles. The van der Waals surface area contributed by atoms with E-state index < -0.39 is 5.97 Å². The zero-order chi connectivity index (χ0) is 15.1. The van der Waals surface area contributed by atoms with Gasteiger partial charge in [-0.1, -0.05) is 37.3 Å². The molecule has 21 heavy (non-hydrogen) atoms. The Morgan fingerprint density at radius 3 is 2.62 bits per heavy atom. The minimum Gasteiger partial charge on any atom is -0.478 e. The van der Waals surface area contributed by atoms with Crippen LogP contribution in [0.15, 0.2) is 48.5 Å². The van der Waals surface area contributed by atoms with E-state index in [1.165, 1.54) is 16.5 Å². The third-order valence-electron chi connectivity index (χ3n) is 3.15. The molecular formula is C17H19NO2S. The van der Waals surface area contributed by atoms with Crippen LogP contribution in [-0.4, -0.2) is 22.5 Å². The molecule has 2 aromatic rings. The van der Waals surface area contributed by atoms with Crippen molar-refractivity contribution in [3.63, 3.8) is 0 Å². The van der Waals surface area contributed by atoms with Crippen molar-refractivity contribution in [2.24, 2.45) is 0 Å². The molecule has 0 saturated heterocycles. The molecule has 4 heteroatoms. The average molecular weight is 301 g/mol. The van der Waals surface area contributed by atoms with Gasteiger partial charge in [-0.25, -0.2) is 4.79 Å². The van der Waals surface area contributed by atoms with Gasteiger partial charge < -0.3 is 5.11 Å². The number of hydrogen-bond donors (Lipinski definition) is 1. The molecule has 0 spiro atoms. The zero-order valence-electron chi connectivity index (χ0n) is 12.0. The number of carboxylic acids is 1. The van der Waals surface area contributed by atoms with Gasteiger partial charge in [0.15, 0.2) is 0 Å². The van der Waals surface area contributed by atoms with E-state index in [0.29, 0.717) is 0 Å². The molecule has 1 N–H and O–H groups in total. The minimum absolute atomic E-state index is 0.886. The smallest absolute Gasteiger partial charge is 0.328 e. The van der Waals surface area contributed by atoms with E-state index >= 15 is 0 Å². The fourth-order valence-corrected chi connectivity index (χ4v) is 3.02. The summed E-state index contributed by atoms with van der Waals surface area (Å²) >= 11 is 1.64. The molecule has 0 aliphatic carbocycles. The van der Waals surface area contributed by atoms with Crippen LogP contribution in [0.3, 0.4) is 0 Å². The van der Waals surface area contributed by atoms with Crippen molar-refractivity contribution in [2.45, 2.75) is 20.0 Å². The normalized spacial score (nSPS) is 11.3. The molecule has 0 saturated carbocycles. The van der Waals surface area contributed by atoms with E-state index in [4.69, 9.17) is 5.11 Å². The van der Waals surface area contributed by atoms with Crippen molar-refractivity contribution in [2.75, 3.05) is 6.54 Å². The van der Waals surface area contributed by atoms with Gasteiger partial charge in [0.1, 0.15) is 0 Å². The zero-order valence-corrected chi connectivity index (χ0v) is 12.8. The molecule has 0 unspecified atom stereocenters. The molecule has 0 atom stereocenters. The lowest BCUT2D eigenvalue weighted by Crippen LogP contribution is -2.21. The second-order valence-electron chi connectivity index (χ2n) is 4.76. The van der Waals surface area contributed by atoms with E-state index in [2.05, 4.69) is 42.2 Å². The predicted molar refractivity (Wildman–Crippen MR) is 87.2 cm³/mol. The van der Waals surface area contributed by atoms with Crippen molar-refractivity contribution in [3.05, 3.63) is 63.9 Å². The van der Waals surface area contributed by atoms with Crippen LogP contribution in [-0.2, 0) is 17.9 Å². The second-order valence-corrected chi connectivity index (χ2v) is 5.96. The van der Waals surface area contributed by atoms with Crippen LogP contribution in [0.4, 0.5) is 0 Å². The summed E-state index contributed by atoms with van der Waals surface area (Å²) in [5, 5.41) is 8.64. The molecule has 3 nitrogen and oxygen atoms in total. The Balaban J connectivity index is 1.97. The Labute approximate surface area is 129 Å². The van der Waals surface area contributed by atoms with E-state index in [1.54, 1.807) is 17.4 Å². The van der Waals surface area contributed by atoms with E-state index in [0.717, 1.165) is 24.5 Å². The van der Waals surface area contributed by atoms with Gasteiger partial charge in [-0.05, 0) is 30.3 Å². The molecule has 1 aromatic heterocycles. The Morgan fingerprint density at radius 2 is 1.95 bits per heavy atom. The lowest BCUT2D eigenvalue weighted by Gasteiger charge is -2.19. The van der Waals surface area contributed by atoms with Gasteiger partial charge >= 0.3 is 5.97 Å². The first-order valence-corrected chi connectivity index (χ1v) is 7.75. The number of benzene rings is 1. The van der Waals surface area contributed by atoms with Crippen LogP contribution in [0, 0.1) is 0 Å². The van der Waals surface area contributed by atoms with E-state index in [1.807, 2.05) is 12.1 Å². The number of aliphatic carboxylic acids is 1. The van der Waals surface area contributed by atoms with Crippen molar-refractivity contribution in [1.29, 1.82) is 0 Å². The highest BCUT2D eigenvalue weighted by Crippen LogP contribution is 2.20. The summed E-state index contributed by atoms with van der Waals surface area (Å²) in [6.07, 6.45) is 2.82. The maximum atomic E-state index is 10.5. The van der Waals surface area contributed by atoms with Crippen LogP contribution in [0.25, 0.3) is 6.08 Å². The first kappa shape index (κ1) is 15.5. The predicted octanol–water partition coefficient (Wildman–Crippen LogP) is 3.87. The van der Waals surface area contributed by atoms with Crippen LogP contribution < -0.4 is 0 Å². The highest BCUT2D eigenvalue weighted by Gasteiger charge is 2.06. The number of rotatable bonds is 7. The van der Waals surface area contributed by atoms with Gasteiger partial charge in [0.2, 0.25) is 0 Å². The largest absolute Gasteiger partial charge is 0.478 e. The average Bonchev–Trinajstić information content (AvgIpc) is 2.93.